The standard InChI is InChI=1S/C21H25FN2O3/c1-15(2)27-19-9-8-16(14-20(19)26-3)21(25)24-12-10-23(11-13-24)18-7-5-4-6-17(18)22/h4-9,14-15H,10-13H2,1-3H3. The van der Waals surface area contributed by atoms with Gasteiger partial charge in [0.05, 0.1) is 18.9 Å². The molecule has 0 saturated carbocycles. The van der Waals surface area contributed by atoms with E-state index in [9.17, 15) is 9.18 Å². The van der Waals surface area contributed by atoms with Crippen LogP contribution in [-0.4, -0.2) is 50.2 Å². The molecule has 3 rings (SSSR count). The van der Waals surface area contributed by atoms with Crippen LogP contribution in [0.4, 0.5) is 10.1 Å². The summed E-state index contributed by atoms with van der Waals surface area (Å²) >= 11 is 0. The number of nitrogens with zero attached hydrogens (tertiary/aromatic N) is 2. The van der Waals surface area contributed by atoms with Crippen LogP contribution in [0.5, 0.6) is 11.5 Å². The van der Waals surface area contributed by atoms with Gasteiger partial charge in [-0.25, -0.2) is 4.39 Å². The maximum atomic E-state index is 14.0. The summed E-state index contributed by atoms with van der Waals surface area (Å²) in [6.07, 6.45) is 0.0203. The van der Waals surface area contributed by atoms with Crippen molar-refractivity contribution < 1.29 is 18.7 Å². The molecule has 2 aromatic rings. The zero-order valence-electron chi connectivity index (χ0n) is 15.9. The number of hydrogen-bond acceptors (Lipinski definition) is 4. The van der Waals surface area contributed by atoms with Crippen LogP contribution in [0, 0.1) is 5.82 Å². The maximum absolute atomic E-state index is 14.0. The first kappa shape index (κ1) is 19.0. The van der Waals surface area contributed by atoms with Crippen LogP contribution in [0.25, 0.3) is 0 Å². The number of carbonyl (C=O) groups excluding carboxylic acids is 1. The lowest BCUT2D eigenvalue weighted by atomic mass is 10.1. The van der Waals surface area contributed by atoms with Gasteiger partial charge in [0.15, 0.2) is 11.5 Å². The van der Waals surface area contributed by atoms with E-state index in [1.54, 1.807) is 42.3 Å². The lowest BCUT2D eigenvalue weighted by molar-refractivity contribution is 0.0746. The Morgan fingerprint density at radius 3 is 2.37 bits per heavy atom. The van der Waals surface area contributed by atoms with Crippen LogP contribution in [0.2, 0.25) is 0 Å². The van der Waals surface area contributed by atoms with Crippen LogP contribution < -0.4 is 14.4 Å². The van der Waals surface area contributed by atoms with E-state index in [0.29, 0.717) is 48.9 Å². The fourth-order valence-electron chi connectivity index (χ4n) is 3.19. The highest BCUT2D eigenvalue weighted by molar-refractivity contribution is 5.95. The van der Waals surface area contributed by atoms with E-state index in [2.05, 4.69) is 0 Å². The highest BCUT2D eigenvalue weighted by Crippen LogP contribution is 2.30. The number of anilines is 1. The highest BCUT2D eigenvalue weighted by Gasteiger charge is 2.24. The number of hydrogen-bond donors (Lipinski definition) is 0. The van der Waals surface area contributed by atoms with Gasteiger partial charge in [-0.1, -0.05) is 12.1 Å². The second-order valence-corrected chi connectivity index (χ2v) is 6.76. The lowest BCUT2D eigenvalue weighted by Crippen LogP contribution is -2.49. The molecule has 0 radical (unpaired) electrons. The molecule has 0 aliphatic carbocycles. The van der Waals surface area contributed by atoms with Crippen LogP contribution in [0.1, 0.15) is 24.2 Å². The minimum Gasteiger partial charge on any atom is -0.493 e. The van der Waals surface area contributed by atoms with Crippen molar-refractivity contribution in [1.29, 1.82) is 0 Å². The SMILES string of the molecule is COc1cc(C(=O)N2CCN(c3ccccc3F)CC2)ccc1OC(C)C. The van der Waals surface area contributed by atoms with E-state index in [4.69, 9.17) is 9.47 Å². The minimum atomic E-state index is -0.234. The molecule has 5 nitrogen and oxygen atoms in total. The van der Waals surface area contributed by atoms with E-state index >= 15 is 0 Å². The predicted octanol–water partition coefficient (Wildman–Crippen LogP) is 3.58. The zero-order valence-corrected chi connectivity index (χ0v) is 15.9. The molecule has 0 N–H and O–H groups in total. The summed E-state index contributed by atoms with van der Waals surface area (Å²) in [5.41, 5.74) is 1.14. The van der Waals surface area contributed by atoms with Crippen molar-refractivity contribution in [3.8, 4) is 11.5 Å². The molecule has 1 fully saturated rings. The van der Waals surface area contributed by atoms with E-state index in [0.717, 1.165) is 0 Å². The molecule has 0 unspecified atom stereocenters. The lowest BCUT2D eigenvalue weighted by Gasteiger charge is -2.36. The van der Waals surface area contributed by atoms with Gasteiger partial charge in [0.2, 0.25) is 0 Å². The Balaban J connectivity index is 1.68. The van der Waals surface area contributed by atoms with E-state index in [1.165, 1.54) is 6.07 Å². The van der Waals surface area contributed by atoms with Crippen molar-refractivity contribution in [3.05, 3.63) is 53.8 Å². The van der Waals surface area contributed by atoms with Gasteiger partial charge >= 0.3 is 0 Å². The second-order valence-electron chi connectivity index (χ2n) is 6.76. The van der Waals surface area contributed by atoms with Gasteiger partial charge in [0.25, 0.3) is 5.91 Å². The monoisotopic (exact) mass is 372 g/mol. The Morgan fingerprint density at radius 2 is 1.74 bits per heavy atom. The maximum Gasteiger partial charge on any atom is 0.254 e. The van der Waals surface area contributed by atoms with Crippen LogP contribution >= 0.6 is 0 Å². The fourth-order valence-corrected chi connectivity index (χ4v) is 3.19. The van der Waals surface area contributed by atoms with Gasteiger partial charge in [0, 0.05) is 31.7 Å². The molecule has 1 aliphatic rings. The molecule has 27 heavy (non-hydrogen) atoms. The molecule has 0 spiro atoms. The highest BCUT2D eigenvalue weighted by atomic mass is 19.1. The number of para-hydroxylation sites is 1. The van der Waals surface area contributed by atoms with Crippen molar-refractivity contribution >= 4 is 11.6 Å². The summed E-state index contributed by atoms with van der Waals surface area (Å²) in [5, 5.41) is 0. The van der Waals surface area contributed by atoms with Gasteiger partial charge in [-0.05, 0) is 44.2 Å². The van der Waals surface area contributed by atoms with Crippen molar-refractivity contribution in [2.75, 3.05) is 38.2 Å². The van der Waals surface area contributed by atoms with E-state index in [-0.39, 0.29) is 17.8 Å². The van der Waals surface area contributed by atoms with Crippen LogP contribution in [0.3, 0.4) is 0 Å². The number of benzene rings is 2. The third-order valence-electron chi connectivity index (χ3n) is 4.53. The second kappa shape index (κ2) is 8.29. The quantitative estimate of drug-likeness (QED) is 0.805. The molecule has 1 amide bonds. The number of ether oxygens (including phenoxy) is 2. The first-order chi connectivity index (χ1) is 13.0. The average molecular weight is 372 g/mol. The third kappa shape index (κ3) is 4.32. The summed E-state index contributed by atoms with van der Waals surface area (Å²) in [5.74, 6) is 0.869. The Labute approximate surface area is 159 Å². The number of halogens is 1. The third-order valence-corrected chi connectivity index (χ3v) is 4.53. The first-order valence-corrected chi connectivity index (χ1v) is 9.13. The molecule has 0 aromatic heterocycles. The molecule has 1 saturated heterocycles. The summed E-state index contributed by atoms with van der Waals surface area (Å²) in [7, 11) is 1.56. The molecular formula is C21H25FN2O3. The summed E-state index contributed by atoms with van der Waals surface area (Å²) < 4.78 is 25.0. The zero-order chi connectivity index (χ0) is 19.4. The normalized spacial score (nSPS) is 14.4. The smallest absolute Gasteiger partial charge is 0.254 e. The fraction of sp³-hybridized carbons (Fsp3) is 0.381. The van der Waals surface area contributed by atoms with Crippen LogP contribution in [0.15, 0.2) is 42.5 Å². The largest absolute Gasteiger partial charge is 0.493 e. The van der Waals surface area contributed by atoms with Gasteiger partial charge < -0.3 is 19.3 Å². The van der Waals surface area contributed by atoms with Crippen molar-refractivity contribution in [2.45, 2.75) is 20.0 Å². The van der Waals surface area contributed by atoms with E-state index in [1.807, 2.05) is 24.8 Å². The number of rotatable bonds is 5. The Morgan fingerprint density at radius 1 is 1.04 bits per heavy atom. The summed E-state index contributed by atoms with van der Waals surface area (Å²) in [4.78, 5) is 16.6. The van der Waals surface area contributed by atoms with Gasteiger partial charge in [-0.3, -0.25) is 4.79 Å². The van der Waals surface area contributed by atoms with Gasteiger partial charge in [0.1, 0.15) is 5.82 Å². The first-order valence-electron chi connectivity index (χ1n) is 9.13. The van der Waals surface area contributed by atoms with Gasteiger partial charge in [-0.15, -0.1) is 0 Å². The Bertz CT molecular complexity index is 802. The molecule has 6 heteroatoms. The van der Waals surface area contributed by atoms with Gasteiger partial charge in [-0.2, -0.15) is 0 Å². The summed E-state index contributed by atoms with van der Waals surface area (Å²) in [6.45, 7) is 6.15. The molecule has 1 aliphatic heterocycles. The molecule has 0 atom stereocenters. The molecule has 2 aromatic carbocycles. The Hall–Kier alpha value is -2.76. The minimum absolute atomic E-state index is 0.0203. The molecule has 0 bridgehead atoms. The predicted molar refractivity (Wildman–Crippen MR) is 103 cm³/mol. The number of amides is 1. The van der Waals surface area contributed by atoms with Crippen molar-refractivity contribution in [3.63, 3.8) is 0 Å². The average Bonchev–Trinajstić information content (AvgIpc) is 2.68. The molecular weight excluding hydrogens is 347 g/mol. The summed E-state index contributed by atoms with van der Waals surface area (Å²) in [6, 6.07) is 12.0. The Kier molecular flexibility index (Phi) is 5.84. The van der Waals surface area contributed by atoms with Crippen molar-refractivity contribution in [1.82, 2.24) is 4.90 Å². The number of methoxy groups -OCH3 is 1. The van der Waals surface area contributed by atoms with Crippen LogP contribution in [-0.2, 0) is 0 Å². The van der Waals surface area contributed by atoms with Crippen molar-refractivity contribution in [2.24, 2.45) is 0 Å². The van der Waals surface area contributed by atoms with E-state index < -0.39 is 0 Å². The molecule has 1 heterocycles. The topological polar surface area (TPSA) is 42.0 Å². The molecule has 144 valence electrons. The number of carbonyl (C=O) groups is 1. The number of piperazine rings is 1.